The number of hydrogen-bond donors (Lipinski definition) is 1. The van der Waals surface area contributed by atoms with E-state index in [9.17, 15) is 0 Å². The van der Waals surface area contributed by atoms with Crippen LogP contribution in [0, 0.1) is 18.6 Å². The van der Waals surface area contributed by atoms with E-state index in [0.717, 1.165) is 10.5 Å². The van der Waals surface area contributed by atoms with E-state index in [1.165, 1.54) is 11.3 Å². The first kappa shape index (κ1) is 11.1. The second kappa shape index (κ2) is 4.26. The molecule has 1 aromatic carbocycles. The lowest BCUT2D eigenvalue weighted by atomic mass is 10.1. The fourth-order valence-electron chi connectivity index (χ4n) is 1.99. The zero-order chi connectivity index (χ0) is 11.7. The van der Waals surface area contributed by atoms with Crippen molar-refractivity contribution in [3.05, 3.63) is 52.1 Å². The van der Waals surface area contributed by atoms with Crippen LogP contribution in [0.2, 0.25) is 0 Å². The third-order valence-electron chi connectivity index (χ3n) is 3.09. The number of imidazole rings is 1. The van der Waals surface area contributed by atoms with E-state index in [0.29, 0.717) is 0 Å². The van der Waals surface area contributed by atoms with Crippen molar-refractivity contribution in [3.63, 3.8) is 0 Å². The van der Waals surface area contributed by atoms with Gasteiger partial charge < -0.3 is 9.55 Å². The zero-order valence-electron chi connectivity index (χ0n) is 9.82. The summed E-state index contributed by atoms with van der Waals surface area (Å²) in [4.78, 5) is 3.20. The second-order valence-electron chi connectivity index (χ2n) is 4.10. The first-order chi connectivity index (χ1) is 7.61. The predicted molar refractivity (Wildman–Crippen MR) is 69.3 cm³/mol. The lowest BCUT2D eigenvalue weighted by Crippen LogP contribution is -2.08. The first-order valence-electron chi connectivity index (χ1n) is 5.44. The SMILES string of the molecule is Cc1[nH]c(=S)n([C@@H](C)c2ccccc2)c1C. The van der Waals surface area contributed by atoms with Crippen molar-refractivity contribution in [2.75, 3.05) is 0 Å². The highest BCUT2D eigenvalue weighted by atomic mass is 32.1. The molecule has 2 rings (SSSR count). The van der Waals surface area contributed by atoms with Crippen molar-refractivity contribution < 1.29 is 0 Å². The average Bonchev–Trinajstić information content (AvgIpc) is 2.54. The molecule has 0 aliphatic heterocycles. The number of aromatic amines is 1. The van der Waals surface area contributed by atoms with Crippen LogP contribution in [-0.4, -0.2) is 9.55 Å². The van der Waals surface area contributed by atoms with Crippen molar-refractivity contribution in [3.8, 4) is 0 Å². The Balaban J connectivity index is 2.50. The molecule has 0 radical (unpaired) electrons. The van der Waals surface area contributed by atoms with Gasteiger partial charge in [-0.2, -0.15) is 0 Å². The lowest BCUT2D eigenvalue weighted by Gasteiger charge is -2.15. The summed E-state index contributed by atoms with van der Waals surface area (Å²) in [6, 6.07) is 10.7. The Morgan fingerprint density at radius 2 is 1.81 bits per heavy atom. The highest BCUT2D eigenvalue weighted by Crippen LogP contribution is 2.21. The summed E-state index contributed by atoms with van der Waals surface area (Å²) in [6.45, 7) is 6.33. The van der Waals surface area contributed by atoms with Gasteiger partial charge in [-0.3, -0.25) is 0 Å². The molecule has 0 aliphatic carbocycles. The Morgan fingerprint density at radius 1 is 1.19 bits per heavy atom. The third-order valence-corrected chi connectivity index (χ3v) is 3.39. The monoisotopic (exact) mass is 232 g/mol. The van der Waals surface area contributed by atoms with Gasteiger partial charge in [0.25, 0.3) is 0 Å². The van der Waals surface area contributed by atoms with E-state index in [2.05, 4.69) is 54.6 Å². The summed E-state index contributed by atoms with van der Waals surface area (Å²) in [5, 5.41) is 0. The van der Waals surface area contributed by atoms with Gasteiger partial charge in [0, 0.05) is 11.4 Å². The highest BCUT2D eigenvalue weighted by molar-refractivity contribution is 7.71. The Kier molecular flexibility index (Phi) is 2.97. The highest BCUT2D eigenvalue weighted by Gasteiger charge is 2.12. The third kappa shape index (κ3) is 1.83. The summed E-state index contributed by atoms with van der Waals surface area (Å²) < 4.78 is 2.96. The maximum absolute atomic E-state index is 5.34. The van der Waals surface area contributed by atoms with Crippen LogP contribution in [-0.2, 0) is 0 Å². The maximum atomic E-state index is 5.34. The zero-order valence-corrected chi connectivity index (χ0v) is 10.6. The molecule has 0 unspecified atom stereocenters. The number of nitrogens with zero attached hydrogens (tertiary/aromatic N) is 1. The summed E-state index contributed by atoms with van der Waals surface area (Å²) in [5.41, 5.74) is 3.63. The fraction of sp³-hybridized carbons (Fsp3) is 0.308. The standard InChI is InChI=1S/C13H16N2S/c1-9-10(2)15(13(16)14-9)11(3)12-7-5-4-6-8-12/h4-8,11H,1-3H3,(H,14,16)/t11-/m0/s1. The Bertz CT molecular complexity index is 537. The number of hydrogen-bond acceptors (Lipinski definition) is 1. The summed E-state index contributed by atoms with van der Waals surface area (Å²) >= 11 is 5.34. The molecule has 0 amide bonds. The van der Waals surface area contributed by atoms with Crippen molar-refractivity contribution in [2.45, 2.75) is 26.8 Å². The average molecular weight is 232 g/mol. The van der Waals surface area contributed by atoms with E-state index >= 15 is 0 Å². The molecule has 2 aromatic rings. The summed E-state index contributed by atoms with van der Waals surface area (Å²) in [5.74, 6) is 0. The van der Waals surface area contributed by atoms with Gasteiger partial charge in [-0.25, -0.2) is 0 Å². The molecule has 84 valence electrons. The molecule has 1 N–H and O–H groups in total. The van der Waals surface area contributed by atoms with Crippen LogP contribution in [0.1, 0.15) is 29.9 Å². The topological polar surface area (TPSA) is 20.7 Å². The molecule has 0 fully saturated rings. The molecule has 0 saturated heterocycles. The number of benzene rings is 1. The van der Waals surface area contributed by atoms with E-state index in [-0.39, 0.29) is 6.04 Å². The van der Waals surface area contributed by atoms with Crippen molar-refractivity contribution in [1.82, 2.24) is 9.55 Å². The molecular formula is C13H16N2S. The van der Waals surface area contributed by atoms with Gasteiger partial charge in [0.2, 0.25) is 0 Å². The minimum absolute atomic E-state index is 0.277. The van der Waals surface area contributed by atoms with Gasteiger partial charge in [0.05, 0.1) is 6.04 Å². The Labute approximate surface area is 101 Å². The van der Waals surface area contributed by atoms with Gasteiger partial charge in [0.1, 0.15) is 0 Å². The number of aryl methyl sites for hydroxylation is 1. The molecular weight excluding hydrogens is 216 g/mol. The number of nitrogens with one attached hydrogen (secondary N) is 1. The molecule has 0 saturated carbocycles. The Hall–Kier alpha value is -1.35. The predicted octanol–water partition coefficient (Wildman–Crippen LogP) is 3.77. The number of rotatable bonds is 2. The van der Waals surface area contributed by atoms with Gasteiger partial charge >= 0.3 is 0 Å². The number of H-pyrrole nitrogens is 1. The van der Waals surface area contributed by atoms with Gasteiger partial charge in [-0.1, -0.05) is 30.3 Å². The van der Waals surface area contributed by atoms with Crippen molar-refractivity contribution in [2.24, 2.45) is 0 Å². The van der Waals surface area contributed by atoms with Crippen LogP contribution in [0.4, 0.5) is 0 Å². The van der Waals surface area contributed by atoms with Crippen LogP contribution < -0.4 is 0 Å². The largest absolute Gasteiger partial charge is 0.335 e. The molecule has 1 atom stereocenters. The van der Waals surface area contributed by atoms with Crippen molar-refractivity contribution in [1.29, 1.82) is 0 Å². The normalized spacial score (nSPS) is 12.7. The molecule has 1 aromatic heterocycles. The maximum Gasteiger partial charge on any atom is 0.178 e. The molecule has 0 aliphatic rings. The van der Waals surface area contributed by atoms with Gasteiger partial charge in [-0.15, -0.1) is 0 Å². The Morgan fingerprint density at radius 3 is 2.31 bits per heavy atom. The van der Waals surface area contributed by atoms with E-state index in [1.807, 2.05) is 6.07 Å². The lowest BCUT2D eigenvalue weighted by molar-refractivity contribution is 0.614. The molecule has 1 heterocycles. The fourth-order valence-corrected chi connectivity index (χ4v) is 2.44. The van der Waals surface area contributed by atoms with E-state index in [1.54, 1.807) is 0 Å². The second-order valence-corrected chi connectivity index (χ2v) is 4.48. The quantitative estimate of drug-likeness (QED) is 0.782. The van der Waals surface area contributed by atoms with E-state index in [4.69, 9.17) is 12.2 Å². The summed E-state index contributed by atoms with van der Waals surface area (Å²) in [6.07, 6.45) is 0. The molecule has 0 bridgehead atoms. The smallest absolute Gasteiger partial charge is 0.178 e. The van der Waals surface area contributed by atoms with Crippen LogP contribution >= 0.6 is 12.2 Å². The minimum Gasteiger partial charge on any atom is -0.335 e. The number of aromatic nitrogens is 2. The van der Waals surface area contributed by atoms with Crippen LogP contribution in [0.3, 0.4) is 0 Å². The van der Waals surface area contributed by atoms with Crippen molar-refractivity contribution >= 4 is 12.2 Å². The molecule has 3 heteroatoms. The molecule has 2 nitrogen and oxygen atoms in total. The van der Waals surface area contributed by atoms with Crippen LogP contribution in [0.25, 0.3) is 0 Å². The first-order valence-corrected chi connectivity index (χ1v) is 5.84. The van der Waals surface area contributed by atoms with Crippen LogP contribution in [0.5, 0.6) is 0 Å². The molecule has 0 spiro atoms. The van der Waals surface area contributed by atoms with E-state index < -0.39 is 0 Å². The van der Waals surface area contributed by atoms with Crippen LogP contribution in [0.15, 0.2) is 30.3 Å². The van der Waals surface area contributed by atoms with Gasteiger partial charge in [-0.05, 0) is 38.6 Å². The summed E-state index contributed by atoms with van der Waals surface area (Å²) in [7, 11) is 0. The minimum atomic E-state index is 0.277. The van der Waals surface area contributed by atoms with Gasteiger partial charge in [0.15, 0.2) is 4.77 Å². The molecule has 16 heavy (non-hydrogen) atoms.